The fraction of sp³-hybridized carbons (Fsp3) is 0.684. The van der Waals surface area contributed by atoms with E-state index in [-0.39, 0.29) is 0 Å². The van der Waals surface area contributed by atoms with E-state index in [9.17, 15) is 0 Å². The minimum atomic E-state index is 0.536. The Kier molecular flexibility index (Phi) is 10.1. The molecule has 0 fully saturated rings. The lowest BCUT2D eigenvalue weighted by molar-refractivity contribution is 0.191. The lowest BCUT2D eigenvalue weighted by Gasteiger charge is -2.31. The van der Waals surface area contributed by atoms with Crippen molar-refractivity contribution in [2.75, 3.05) is 33.2 Å². The molecule has 24 heavy (non-hydrogen) atoms. The number of aromatic nitrogens is 1. The Morgan fingerprint density at radius 1 is 1.21 bits per heavy atom. The van der Waals surface area contributed by atoms with Crippen molar-refractivity contribution < 1.29 is 0 Å². The first-order valence-electron chi connectivity index (χ1n) is 9.19. The van der Waals surface area contributed by atoms with E-state index in [2.05, 4.69) is 59.3 Å². The zero-order valence-corrected chi connectivity index (χ0v) is 16.0. The fourth-order valence-corrected chi connectivity index (χ4v) is 2.94. The molecule has 1 rings (SSSR count). The van der Waals surface area contributed by atoms with Crippen LogP contribution in [0.2, 0.25) is 0 Å². The third-order valence-electron chi connectivity index (χ3n) is 4.20. The average molecular weight is 334 g/mol. The third kappa shape index (κ3) is 7.77. The van der Waals surface area contributed by atoms with Crippen LogP contribution < -0.4 is 10.6 Å². The highest BCUT2D eigenvalue weighted by Crippen LogP contribution is 2.10. The maximum Gasteiger partial charge on any atom is 0.191 e. The number of hydrogen-bond acceptors (Lipinski definition) is 3. The number of pyridine rings is 1. The van der Waals surface area contributed by atoms with E-state index in [4.69, 9.17) is 0 Å². The van der Waals surface area contributed by atoms with E-state index in [1.807, 2.05) is 25.4 Å². The number of rotatable bonds is 10. The number of guanidine groups is 1. The Morgan fingerprint density at radius 3 is 2.50 bits per heavy atom. The molecular weight excluding hydrogens is 298 g/mol. The number of nitrogens with one attached hydrogen (secondary N) is 2. The second kappa shape index (κ2) is 11.8. The van der Waals surface area contributed by atoms with Gasteiger partial charge in [-0.3, -0.25) is 14.9 Å². The van der Waals surface area contributed by atoms with Gasteiger partial charge in [0.25, 0.3) is 0 Å². The summed E-state index contributed by atoms with van der Waals surface area (Å²) in [5.74, 6) is 1.56. The topological polar surface area (TPSA) is 52.5 Å². The van der Waals surface area contributed by atoms with Crippen molar-refractivity contribution >= 4 is 5.96 Å². The van der Waals surface area contributed by atoms with Crippen LogP contribution in [-0.2, 0) is 6.42 Å². The van der Waals surface area contributed by atoms with E-state index in [0.29, 0.717) is 12.0 Å². The van der Waals surface area contributed by atoms with Gasteiger partial charge >= 0.3 is 0 Å². The first-order chi connectivity index (χ1) is 11.6. The van der Waals surface area contributed by atoms with Gasteiger partial charge in [-0.05, 0) is 37.6 Å². The van der Waals surface area contributed by atoms with Gasteiger partial charge in [-0.25, -0.2) is 0 Å². The first kappa shape index (κ1) is 20.4. The van der Waals surface area contributed by atoms with Crippen LogP contribution in [0.3, 0.4) is 0 Å². The molecule has 1 aromatic rings. The van der Waals surface area contributed by atoms with Crippen molar-refractivity contribution in [3.8, 4) is 0 Å². The van der Waals surface area contributed by atoms with Gasteiger partial charge in [-0.15, -0.1) is 0 Å². The first-order valence-corrected chi connectivity index (χ1v) is 9.19. The van der Waals surface area contributed by atoms with Gasteiger partial charge in [0.15, 0.2) is 5.96 Å². The van der Waals surface area contributed by atoms with Gasteiger partial charge in [-0.2, -0.15) is 0 Å². The van der Waals surface area contributed by atoms with Crippen LogP contribution >= 0.6 is 0 Å². The SMILES string of the molecule is CCN(CC)C(CNC(=NC)NCCc1ccccn1)CC(C)C. The van der Waals surface area contributed by atoms with Crippen LogP contribution in [0.4, 0.5) is 0 Å². The summed E-state index contributed by atoms with van der Waals surface area (Å²) in [6.07, 6.45) is 3.93. The Hall–Kier alpha value is -1.62. The van der Waals surface area contributed by atoms with Gasteiger partial charge in [0, 0.05) is 44.5 Å². The van der Waals surface area contributed by atoms with Gasteiger partial charge in [0.05, 0.1) is 0 Å². The van der Waals surface area contributed by atoms with Crippen LogP contribution in [-0.4, -0.2) is 55.1 Å². The summed E-state index contributed by atoms with van der Waals surface area (Å²) < 4.78 is 0. The Morgan fingerprint density at radius 2 is 1.96 bits per heavy atom. The van der Waals surface area contributed by atoms with Crippen molar-refractivity contribution in [2.24, 2.45) is 10.9 Å². The predicted molar refractivity (Wildman–Crippen MR) is 103 cm³/mol. The number of nitrogens with zero attached hydrogens (tertiary/aromatic N) is 3. The van der Waals surface area contributed by atoms with Crippen LogP contribution in [0.15, 0.2) is 29.4 Å². The molecule has 0 aliphatic heterocycles. The van der Waals surface area contributed by atoms with Crippen LogP contribution in [0, 0.1) is 5.92 Å². The standard InChI is InChI=1S/C19H35N5/c1-6-24(7-2)18(14-16(3)4)15-23-19(20-5)22-13-11-17-10-8-9-12-21-17/h8-10,12,16,18H,6-7,11,13-15H2,1-5H3,(H2,20,22,23). The molecule has 5 nitrogen and oxygen atoms in total. The normalized spacial score (nSPS) is 13.4. The van der Waals surface area contributed by atoms with Crippen LogP contribution in [0.25, 0.3) is 0 Å². The molecule has 136 valence electrons. The third-order valence-corrected chi connectivity index (χ3v) is 4.20. The van der Waals surface area contributed by atoms with Crippen molar-refractivity contribution in [3.05, 3.63) is 30.1 Å². The van der Waals surface area contributed by atoms with Crippen LogP contribution in [0.5, 0.6) is 0 Å². The summed E-state index contributed by atoms with van der Waals surface area (Å²) in [4.78, 5) is 11.2. The van der Waals surface area contributed by atoms with Crippen molar-refractivity contribution in [2.45, 2.75) is 46.6 Å². The molecule has 0 bridgehead atoms. The second-order valence-corrected chi connectivity index (χ2v) is 6.46. The minimum Gasteiger partial charge on any atom is -0.356 e. The highest BCUT2D eigenvalue weighted by Gasteiger charge is 2.17. The summed E-state index contributed by atoms with van der Waals surface area (Å²) in [7, 11) is 1.82. The molecule has 1 unspecified atom stereocenters. The minimum absolute atomic E-state index is 0.536. The lowest BCUT2D eigenvalue weighted by atomic mass is 10.0. The lowest BCUT2D eigenvalue weighted by Crippen LogP contribution is -2.48. The summed E-state index contributed by atoms with van der Waals surface area (Å²) >= 11 is 0. The summed E-state index contributed by atoms with van der Waals surface area (Å²) in [5, 5.41) is 6.87. The Labute approximate surface area is 148 Å². The zero-order chi connectivity index (χ0) is 17.8. The molecule has 0 spiro atoms. The quantitative estimate of drug-likeness (QED) is 0.510. The summed E-state index contributed by atoms with van der Waals surface area (Å²) in [6.45, 7) is 13.0. The zero-order valence-electron chi connectivity index (χ0n) is 16.0. The average Bonchev–Trinajstić information content (AvgIpc) is 2.59. The van der Waals surface area contributed by atoms with Gasteiger partial charge in [0.2, 0.25) is 0 Å². The highest BCUT2D eigenvalue weighted by molar-refractivity contribution is 5.79. The number of aliphatic imine (C=N–C) groups is 1. The van der Waals surface area contributed by atoms with Gasteiger partial charge in [-0.1, -0.05) is 33.8 Å². The molecule has 0 saturated carbocycles. The molecule has 0 aliphatic rings. The smallest absolute Gasteiger partial charge is 0.191 e. The summed E-state index contributed by atoms with van der Waals surface area (Å²) in [5.41, 5.74) is 1.10. The fourth-order valence-electron chi connectivity index (χ4n) is 2.94. The summed E-state index contributed by atoms with van der Waals surface area (Å²) in [6, 6.07) is 6.56. The predicted octanol–water partition coefficient (Wildman–Crippen LogP) is 2.55. The van der Waals surface area contributed by atoms with Gasteiger partial charge in [0.1, 0.15) is 0 Å². The monoisotopic (exact) mass is 333 g/mol. The molecule has 2 N–H and O–H groups in total. The Bertz CT molecular complexity index is 454. The van der Waals surface area contributed by atoms with E-state index in [1.165, 1.54) is 6.42 Å². The molecule has 0 saturated heterocycles. The maximum atomic E-state index is 4.35. The molecule has 0 aliphatic carbocycles. The van der Waals surface area contributed by atoms with E-state index >= 15 is 0 Å². The number of hydrogen-bond donors (Lipinski definition) is 2. The van der Waals surface area contributed by atoms with E-state index in [1.54, 1.807) is 0 Å². The highest BCUT2D eigenvalue weighted by atomic mass is 15.2. The molecule has 0 amide bonds. The van der Waals surface area contributed by atoms with E-state index in [0.717, 1.165) is 44.3 Å². The molecule has 1 aromatic heterocycles. The molecule has 1 atom stereocenters. The van der Waals surface area contributed by atoms with E-state index < -0.39 is 0 Å². The van der Waals surface area contributed by atoms with Crippen molar-refractivity contribution in [3.63, 3.8) is 0 Å². The molecule has 1 heterocycles. The molecule has 0 radical (unpaired) electrons. The van der Waals surface area contributed by atoms with Crippen molar-refractivity contribution in [1.82, 2.24) is 20.5 Å². The molecule has 0 aromatic carbocycles. The van der Waals surface area contributed by atoms with Gasteiger partial charge < -0.3 is 10.6 Å². The largest absolute Gasteiger partial charge is 0.356 e. The van der Waals surface area contributed by atoms with Crippen LogP contribution in [0.1, 0.15) is 39.8 Å². The molecule has 5 heteroatoms. The molecular formula is C19H35N5. The second-order valence-electron chi connectivity index (χ2n) is 6.46. The maximum absolute atomic E-state index is 4.35. The number of likely N-dealkylation sites (N-methyl/N-ethyl adjacent to an activating group) is 1. The van der Waals surface area contributed by atoms with Crippen molar-refractivity contribution in [1.29, 1.82) is 0 Å². The Balaban J connectivity index is 2.44.